The van der Waals surface area contributed by atoms with Gasteiger partial charge in [-0.1, -0.05) is 0 Å². The summed E-state index contributed by atoms with van der Waals surface area (Å²) >= 11 is 0. The number of pyridine rings is 1. The number of nitrogens with two attached hydrogens (primary N) is 1. The van der Waals surface area contributed by atoms with Crippen molar-refractivity contribution < 1.29 is 9.47 Å². The molecule has 0 radical (unpaired) electrons. The molecule has 0 bridgehead atoms. The van der Waals surface area contributed by atoms with E-state index >= 15 is 0 Å². The first-order valence-corrected chi connectivity index (χ1v) is 9.89. The van der Waals surface area contributed by atoms with E-state index in [-0.39, 0.29) is 24.0 Å². The molecule has 1 aromatic carbocycles. The fourth-order valence-electron chi connectivity index (χ4n) is 3.58. The molecule has 156 valence electrons. The molecular formula is C21H28IN5O2. The summed E-state index contributed by atoms with van der Waals surface area (Å²) in [5.74, 6) is 2.52. The van der Waals surface area contributed by atoms with Crippen molar-refractivity contribution in [3.63, 3.8) is 0 Å². The number of aromatic nitrogens is 1. The second kappa shape index (κ2) is 10.5. The minimum atomic E-state index is 0. The van der Waals surface area contributed by atoms with Crippen LogP contribution in [0.4, 0.5) is 11.4 Å². The molecule has 2 aliphatic heterocycles. The number of rotatable bonds is 4. The predicted octanol–water partition coefficient (Wildman–Crippen LogP) is 3.50. The van der Waals surface area contributed by atoms with Crippen molar-refractivity contribution in [2.24, 2.45) is 16.6 Å². The lowest BCUT2D eigenvalue weighted by Crippen LogP contribution is -2.35. The zero-order valence-electron chi connectivity index (χ0n) is 16.4. The molecule has 1 saturated heterocycles. The Kier molecular flexibility index (Phi) is 7.79. The number of hydrogen-bond acceptors (Lipinski definition) is 5. The van der Waals surface area contributed by atoms with Crippen molar-refractivity contribution in [2.75, 3.05) is 43.1 Å². The fourth-order valence-corrected chi connectivity index (χ4v) is 3.58. The third kappa shape index (κ3) is 5.88. The summed E-state index contributed by atoms with van der Waals surface area (Å²) in [6, 6.07) is 9.88. The summed E-state index contributed by atoms with van der Waals surface area (Å²) in [6.07, 6.45) is 6.81. The van der Waals surface area contributed by atoms with Crippen molar-refractivity contribution in [1.82, 2.24) is 4.98 Å². The van der Waals surface area contributed by atoms with E-state index in [0.717, 1.165) is 56.1 Å². The molecule has 2 aliphatic rings. The predicted molar refractivity (Wildman–Crippen MR) is 127 cm³/mol. The lowest BCUT2D eigenvalue weighted by Gasteiger charge is -2.33. The van der Waals surface area contributed by atoms with Crippen LogP contribution in [0.2, 0.25) is 0 Å². The van der Waals surface area contributed by atoms with Crippen molar-refractivity contribution in [2.45, 2.75) is 19.3 Å². The summed E-state index contributed by atoms with van der Waals surface area (Å²) in [5, 5.41) is 3.16. The third-order valence-electron chi connectivity index (χ3n) is 5.18. The van der Waals surface area contributed by atoms with Crippen LogP contribution >= 0.6 is 24.0 Å². The standard InChI is InChI=1S/C21H27N5O2.HI/c22-21(25-17-2-3-19-20(14-17)28-13-1-12-27-19)24-15-16-6-10-26(11-7-16)18-4-8-23-9-5-18;/h2-5,8-9,14,16H,1,6-7,10-13,15H2,(H3,22,24,25);1H. The smallest absolute Gasteiger partial charge is 0.193 e. The number of nitrogens with zero attached hydrogens (tertiary/aromatic N) is 3. The zero-order valence-corrected chi connectivity index (χ0v) is 18.7. The van der Waals surface area contributed by atoms with E-state index in [2.05, 4.69) is 32.3 Å². The summed E-state index contributed by atoms with van der Waals surface area (Å²) in [5.41, 5.74) is 8.20. The van der Waals surface area contributed by atoms with Gasteiger partial charge >= 0.3 is 0 Å². The molecule has 3 heterocycles. The minimum absolute atomic E-state index is 0. The first-order valence-electron chi connectivity index (χ1n) is 9.89. The summed E-state index contributed by atoms with van der Waals surface area (Å²) < 4.78 is 11.4. The Balaban J connectivity index is 0.00000240. The molecule has 0 atom stereocenters. The van der Waals surface area contributed by atoms with Crippen molar-refractivity contribution in [3.8, 4) is 11.5 Å². The van der Waals surface area contributed by atoms with Gasteiger partial charge in [-0.3, -0.25) is 9.98 Å². The van der Waals surface area contributed by atoms with Gasteiger partial charge < -0.3 is 25.4 Å². The van der Waals surface area contributed by atoms with Crippen LogP contribution in [0.15, 0.2) is 47.7 Å². The highest BCUT2D eigenvalue weighted by molar-refractivity contribution is 14.0. The fraction of sp³-hybridized carbons (Fsp3) is 0.429. The second-order valence-electron chi connectivity index (χ2n) is 7.20. The average Bonchev–Trinajstić information content (AvgIpc) is 2.98. The highest BCUT2D eigenvalue weighted by Crippen LogP contribution is 2.32. The number of hydrogen-bond donors (Lipinski definition) is 2. The Morgan fingerprint density at radius 3 is 2.59 bits per heavy atom. The Bertz CT molecular complexity index is 810. The molecule has 8 heteroatoms. The molecule has 2 aromatic rings. The van der Waals surface area contributed by atoms with E-state index in [1.165, 1.54) is 5.69 Å². The molecule has 7 nitrogen and oxygen atoms in total. The Morgan fingerprint density at radius 2 is 1.83 bits per heavy atom. The number of benzene rings is 1. The number of nitrogens with one attached hydrogen (secondary N) is 1. The van der Waals surface area contributed by atoms with Gasteiger partial charge in [0.1, 0.15) is 0 Å². The quantitative estimate of drug-likeness (QED) is 0.373. The molecule has 3 N–H and O–H groups in total. The summed E-state index contributed by atoms with van der Waals surface area (Å²) in [6.45, 7) is 4.18. The van der Waals surface area contributed by atoms with Crippen molar-refractivity contribution >= 4 is 41.3 Å². The first-order chi connectivity index (χ1) is 13.8. The van der Waals surface area contributed by atoms with Crippen LogP contribution in [-0.2, 0) is 0 Å². The number of guanidine groups is 1. The molecule has 4 rings (SSSR count). The van der Waals surface area contributed by atoms with E-state index in [0.29, 0.717) is 25.1 Å². The molecule has 0 unspecified atom stereocenters. The van der Waals surface area contributed by atoms with Gasteiger partial charge in [-0.25, -0.2) is 0 Å². The number of fused-ring (bicyclic) bond motifs is 1. The Hall–Kier alpha value is -2.23. The van der Waals surface area contributed by atoms with Gasteiger partial charge in [0, 0.05) is 55.9 Å². The van der Waals surface area contributed by atoms with Crippen LogP contribution < -0.4 is 25.4 Å². The molecule has 1 fully saturated rings. The highest BCUT2D eigenvalue weighted by Gasteiger charge is 2.19. The maximum absolute atomic E-state index is 6.10. The van der Waals surface area contributed by atoms with Crippen LogP contribution in [-0.4, -0.2) is 43.8 Å². The summed E-state index contributed by atoms with van der Waals surface area (Å²) in [4.78, 5) is 11.0. The SMILES string of the molecule is I.NC(=NCC1CCN(c2ccncc2)CC1)Nc1ccc2c(c1)OCCCO2. The number of anilines is 2. The van der Waals surface area contributed by atoms with Gasteiger partial charge in [-0.15, -0.1) is 24.0 Å². The van der Waals surface area contributed by atoms with Gasteiger partial charge in [-0.2, -0.15) is 0 Å². The molecule has 1 aromatic heterocycles. The van der Waals surface area contributed by atoms with Gasteiger partial charge in [0.25, 0.3) is 0 Å². The van der Waals surface area contributed by atoms with Crippen molar-refractivity contribution in [1.29, 1.82) is 0 Å². The van der Waals surface area contributed by atoms with Gasteiger partial charge in [0.05, 0.1) is 13.2 Å². The van der Waals surface area contributed by atoms with E-state index in [4.69, 9.17) is 15.2 Å². The molecule has 29 heavy (non-hydrogen) atoms. The maximum atomic E-state index is 6.10. The van der Waals surface area contributed by atoms with Gasteiger partial charge in [0.15, 0.2) is 17.5 Å². The largest absolute Gasteiger partial charge is 0.490 e. The third-order valence-corrected chi connectivity index (χ3v) is 5.18. The zero-order chi connectivity index (χ0) is 19.2. The monoisotopic (exact) mass is 509 g/mol. The van der Waals surface area contributed by atoms with Gasteiger partial charge in [0.2, 0.25) is 0 Å². The second-order valence-corrected chi connectivity index (χ2v) is 7.20. The van der Waals surface area contributed by atoms with Gasteiger partial charge in [-0.05, 0) is 43.0 Å². The van der Waals surface area contributed by atoms with E-state index in [9.17, 15) is 0 Å². The Morgan fingerprint density at radius 1 is 1.10 bits per heavy atom. The number of ether oxygens (including phenoxy) is 2. The van der Waals surface area contributed by atoms with E-state index in [1.54, 1.807) is 0 Å². The lowest BCUT2D eigenvalue weighted by molar-refractivity contribution is 0.297. The molecule has 0 amide bonds. The Labute approximate surface area is 188 Å². The first kappa shape index (κ1) is 21.5. The van der Waals surface area contributed by atoms with E-state index < -0.39 is 0 Å². The van der Waals surface area contributed by atoms with Crippen LogP contribution in [0.5, 0.6) is 11.5 Å². The van der Waals surface area contributed by atoms with Crippen LogP contribution in [0.1, 0.15) is 19.3 Å². The van der Waals surface area contributed by atoms with Crippen molar-refractivity contribution in [3.05, 3.63) is 42.7 Å². The summed E-state index contributed by atoms with van der Waals surface area (Å²) in [7, 11) is 0. The normalized spacial score (nSPS) is 17.2. The average molecular weight is 509 g/mol. The molecule has 0 saturated carbocycles. The van der Waals surface area contributed by atoms with Crippen LogP contribution in [0, 0.1) is 5.92 Å². The molecular weight excluding hydrogens is 481 g/mol. The number of halogens is 1. The minimum Gasteiger partial charge on any atom is -0.490 e. The maximum Gasteiger partial charge on any atom is 0.193 e. The van der Waals surface area contributed by atoms with Crippen LogP contribution in [0.3, 0.4) is 0 Å². The topological polar surface area (TPSA) is 85.0 Å². The van der Waals surface area contributed by atoms with Crippen LogP contribution in [0.25, 0.3) is 0 Å². The van der Waals surface area contributed by atoms with E-state index in [1.807, 2.05) is 30.6 Å². The number of aliphatic imine (C=N–C) groups is 1. The molecule has 0 spiro atoms. The number of piperidine rings is 1. The molecule has 0 aliphatic carbocycles. The highest BCUT2D eigenvalue weighted by atomic mass is 127. The lowest BCUT2D eigenvalue weighted by atomic mass is 9.97.